The van der Waals surface area contributed by atoms with Crippen LogP contribution in [0.1, 0.15) is 16.7 Å². The van der Waals surface area contributed by atoms with Crippen LogP contribution in [0.4, 0.5) is 5.69 Å². The first-order chi connectivity index (χ1) is 12.4. The number of fused-ring (bicyclic) bond motifs is 1. The highest BCUT2D eigenvalue weighted by Gasteiger charge is 2.17. The van der Waals surface area contributed by atoms with Crippen LogP contribution in [-0.4, -0.2) is 17.6 Å². The van der Waals surface area contributed by atoms with E-state index in [4.69, 9.17) is 28.6 Å². The molecule has 1 amide bonds. The Bertz CT molecular complexity index is 912. The van der Waals surface area contributed by atoms with Crippen molar-refractivity contribution in [1.29, 1.82) is 0 Å². The van der Waals surface area contributed by atoms with Gasteiger partial charge in [-0.2, -0.15) is 0 Å². The Morgan fingerprint density at radius 1 is 1.19 bits per heavy atom. The second-order valence-electron chi connectivity index (χ2n) is 5.92. The van der Waals surface area contributed by atoms with Crippen molar-refractivity contribution in [2.45, 2.75) is 13.8 Å². The lowest BCUT2D eigenvalue weighted by Crippen LogP contribution is -2.45. The molecule has 0 aliphatic carbocycles. The molecule has 0 bridgehead atoms. The highest BCUT2D eigenvalue weighted by atomic mass is 35.5. The molecule has 0 unspecified atom stereocenters. The number of amides is 1. The first-order valence-corrected chi connectivity index (χ1v) is 8.79. The van der Waals surface area contributed by atoms with Crippen molar-refractivity contribution in [3.8, 4) is 5.75 Å². The summed E-state index contributed by atoms with van der Waals surface area (Å²) < 4.78 is 5.58. The molecule has 3 N–H and O–H groups in total. The van der Waals surface area contributed by atoms with Crippen molar-refractivity contribution in [3.05, 3.63) is 63.7 Å². The van der Waals surface area contributed by atoms with E-state index in [1.165, 1.54) is 0 Å². The molecule has 0 saturated heterocycles. The van der Waals surface area contributed by atoms with Crippen molar-refractivity contribution in [2.75, 3.05) is 11.9 Å². The molecule has 0 atom stereocenters. The van der Waals surface area contributed by atoms with Crippen LogP contribution >= 0.6 is 23.8 Å². The molecule has 2 aromatic carbocycles. The Morgan fingerprint density at radius 2 is 2.00 bits per heavy atom. The Labute approximate surface area is 162 Å². The van der Waals surface area contributed by atoms with Crippen molar-refractivity contribution < 1.29 is 9.53 Å². The smallest absolute Gasteiger partial charge is 0.269 e. The van der Waals surface area contributed by atoms with E-state index < -0.39 is 0 Å². The number of hydrogen-bond donors (Lipinski definition) is 3. The molecule has 0 aromatic heterocycles. The van der Waals surface area contributed by atoms with Crippen LogP contribution in [0, 0.1) is 13.8 Å². The number of hydrogen-bond acceptors (Lipinski definition) is 3. The Kier molecular flexibility index (Phi) is 5.44. The van der Waals surface area contributed by atoms with Crippen LogP contribution in [0.15, 0.2) is 42.0 Å². The zero-order valence-electron chi connectivity index (χ0n) is 14.4. The summed E-state index contributed by atoms with van der Waals surface area (Å²) in [6.45, 7) is 4.21. The quantitative estimate of drug-likeness (QED) is 0.541. The van der Waals surface area contributed by atoms with Crippen molar-refractivity contribution in [1.82, 2.24) is 10.9 Å². The molecule has 2 aromatic rings. The van der Waals surface area contributed by atoms with E-state index in [1.807, 2.05) is 32.0 Å². The summed E-state index contributed by atoms with van der Waals surface area (Å²) in [6.07, 6.45) is 1.75. The lowest BCUT2D eigenvalue weighted by Gasteiger charge is -2.19. The topological polar surface area (TPSA) is 62.4 Å². The molecular formula is C19H18ClN3O2S. The van der Waals surface area contributed by atoms with Gasteiger partial charge in [-0.15, -0.1) is 0 Å². The van der Waals surface area contributed by atoms with Gasteiger partial charge in [0.15, 0.2) is 5.11 Å². The zero-order valence-corrected chi connectivity index (χ0v) is 15.9. The molecule has 1 heterocycles. The van der Waals surface area contributed by atoms with E-state index >= 15 is 0 Å². The number of carbonyl (C=O) groups is 1. The second-order valence-corrected chi connectivity index (χ2v) is 6.77. The molecule has 7 heteroatoms. The zero-order chi connectivity index (χ0) is 18.7. The summed E-state index contributed by atoms with van der Waals surface area (Å²) >= 11 is 11.2. The van der Waals surface area contributed by atoms with E-state index in [9.17, 15) is 4.79 Å². The maximum absolute atomic E-state index is 12.3. The summed E-state index contributed by atoms with van der Waals surface area (Å²) in [6, 6.07) is 11.2. The maximum atomic E-state index is 12.3. The van der Waals surface area contributed by atoms with Gasteiger partial charge < -0.3 is 10.1 Å². The van der Waals surface area contributed by atoms with Crippen LogP contribution in [0.3, 0.4) is 0 Å². The maximum Gasteiger partial charge on any atom is 0.269 e. The van der Waals surface area contributed by atoms with E-state index in [1.54, 1.807) is 24.3 Å². The first-order valence-electron chi connectivity index (χ1n) is 8.00. The summed E-state index contributed by atoms with van der Waals surface area (Å²) in [5.41, 5.74) is 9.67. The fourth-order valence-corrected chi connectivity index (χ4v) is 2.85. The third-order valence-corrected chi connectivity index (χ3v) is 4.56. The molecule has 0 saturated carbocycles. The van der Waals surface area contributed by atoms with Crippen molar-refractivity contribution in [3.63, 3.8) is 0 Å². The number of thiocarbonyl (C=S) groups is 1. The normalized spacial score (nSPS) is 12.3. The highest BCUT2D eigenvalue weighted by Crippen LogP contribution is 2.28. The first kappa shape index (κ1) is 18.2. The van der Waals surface area contributed by atoms with E-state index in [0.29, 0.717) is 21.5 Å². The molecule has 26 heavy (non-hydrogen) atoms. The van der Waals surface area contributed by atoms with E-state index in [-0.39, 0.29) is 12.5 Å². The molecule has 3 rings (SSSR count). The number of anilines is 1. The van der Waals surface area contributed by atoms with E-state index in [0.717, 1.165) is 22.4 Å². The third-order valence-electron chi connectivity index (χ3n) is 4.12. The van der Waals surface area contributed by atoms with Gasteiger partial charge in [0.25, 0.3) is 5.91 Å². The van der Waals surface area contributed by atoms with Gasteiger partial charge in [-0.25, -0.2) is 0 Å². The second kappa shape index (κ2) is 7.76. The molecule has 0 fully saturated rings. The molecular weight excluding hydrogens is 370 g/mol. The summed E-state index contributed by atoms with van der Waals surface area (Å²) in [4.78, 5) is 12.3. The molecule has 0 spiro atoms. The predicted octanol–water partition coefficient (Wildman–Crippen LogP) is 3.75. The largest absolute Gasteiger partial charge is 0.488 e. The Balaban J connectivity index is 1.60. The molecule has 0 radical (unpaired) electrons. The van der Waals surface area contributed by atoms with Gasteiger partial charge in [0.05, 0.1) is 5.57 Å². The van der Waals surface area contributed by atoms with Gasteiger partial charge in [-0.1, -0.05) is 23.7 Å². The SMILES string of the molecule is Cc1cccc(NC(=S)NNC(=O)C2=Cc3cc(Cl)ccc3OC2)c1C. The number of ether oxygens (including phenoxy) is 1. The summed E-state index contributed by atoms with van der Waals surface area (Å²) in [5.74, 6) is 0.381. The minimum atomic E-state index is -0.319. The predicted molar refractivity (Wildman–Crippen MR) is 108 cm³/mol. The lowest BCUT2D eigenvalue weighted by atomic mass is 10.1. The number of rotatable bonds is 2. The molecule has 1 aliphatic heterocycles. The minimum Gasteiger partial charge on any atom is -0.488 e. The number of carbonyl (C=O) groups excluding carboxylic acids is 1. The van der Waals surface area contributed by atoms with Crippen LogP contribution < -0.4 is 20.9 Å². The van der Waals surface area contributed by atoms with Gasteiger partial charge in [-0.05, 0) is 67.5 Å². The standard InChI is InChI=1S/C19H18ClN3O2S/c1-11-4-3-5-16(12(11)2)21-19(26)23-22-18(24)14-8-13-9-15(20)6-7-17(13)25-10-14/h3-9H,10H2,1-2H3,(H,22,24)(H2,21,23,26). The van der Waals surface area contributed by atoms with Crippen LogP contribution in [-0.2, 0) is 4.79 Å². The lowest BCUT2D eigenvalue weighted by molar-refractivity contribution is -0.118. The summed E-state index contributed by atoms with van der Waals surface area (Å²) in [5, 5.41) is 3.95. The monoisotopic (exact) mass is 387 g/mol. The number of aryl methyl sites for hydroxylation is 1. The number of hydrazine groups is 1. The van der Waals surface area contributed by atoms with Gasteiger partial charge in [0, 0.05) is 16.3 Å². The Morgan fingerprint density at radius 3 is 2.81 bits per heavy atom. The average molecular weight is 388 g/mol. The average Bonchev–Trinajstić information content (AvgIpc) is 2.63. The van der Waals surface area contributed by atoms with Gasteiger partial charge in [0.1, 0.15) is 12.4 Å². The minimum absolute atomic E-state index is 0.180. The number of nitrogens with one attached hydrogen (secondary N) is 3. The number of halogens is 1. The van der Waals surface area contributed by atoms with Gasteiger partial charge in [0.2, 0.25) is 0 Å². The fraction of sp³-hybridized carbons (Fsp3) is 0.158. The molecule has 134 valence electrons. The van der Waals surface area contributed by atoms with Crippen LogP contribution in [0.5, 0.6) is 5.75 Å². The van der Waals surface area contributed by atoms with Gasteiger partial charge >= 0.3 is 0 Å². The summed E-state index contributed by atoms with van der Waals surface area (Å²) in [7, 11) is 0. The number of benzene rings is 2. The highest BCUT2D eigenvalue weighted by molar-refractivity contribution is 7.80. The van der Waals surface area contributed by atoms with Crippen LogP contribution in [0.25, 0.3) is 6.08 Å². The van der Waals surface area contributed by atoms with Crippen LogP contribution in [0.2, 0.25) is 5.02 Å². The van der Waals surface area contributed by atoms with Gasteiger partial charge in [-0.3, -0.25) is 15.6 Å². The fourth-order valence-electron chi connectivity index (χ4n) is 2.51. The van der Waals surface area contributed by atoms with E-state index in [2.05, 4.69) is 16.2 Å². The van der Waals surface area contributed by atoms with Crippen molar-refractivity contribution in [2.24, 2.45) is 0 Å². The molecule has 5 nitrogen and oxygen atoms in total. The third kappa shape index (κ3) is 4.15. The van der Waals surface area contributed by atoms with Crippen molar-refractivity contribution >= 4 is 46.6 Å². The molecule has 1 aliphatic rings. The Hall–Kier alpha value is -2.57.